The van der Waals surface area contributed by atoms with E-state index in [0.717, 1.165) is 11.1 Å². The van der Waals surface area contributed by atoms with Gasteiger partial charge in [-0.3, -0.25) is 4.79 Å². The third kappa shape index (κ3) is 2.19. The Morgan fingerprint density at radius 3 is 2.84 bits per heavy atom. The van der Waals surface area contributed by atoms with Crippen molar-refractivity contribution in [3.63, 3.8) is 0 Å². The van der Waals surface area contributed by atoms with Gasteiger partial charge in [-0.1, -0.05) is 23.8 Å². The fourth-order valence-electron chi connectivity index (χ4n) is 2.35. The molecular weight excluding hydrogens is 240 g/mol. The number of rotatable bonds is 1. The Labute approximate surface area is 111 Å². The number of fused-ring (bicyclic) bond motifs is 1. The van der Waals surface area contributed by atoms with Crippen LogP contribution in [-0.2, 0) is 0 Å². The van der Waals surface area contributed by atoms with Gasteiger partial charge in [0.2, 0.25) is 0 Å². The molecule has 0 spiro atoms. The van der Waals surface area contributed by atoms with E-state index in [0.29, 0.717) is 17.7 Å². The maximum Gasteiger partial charge on any atom is 0.170 e. The summed E-state index contributed by atoms with van der Waals surface area (Å²) < 4.78 is 5.87. The summed E-state index contributed by atoms with van der Waals surface area (Å²) in [4.78, 5) is 12.2. The van der Waals surface area contributed by atoms with Crippen molar-refractivity contribution in [1.82, 2.24) is 0 Å². The summed E-state index contributed by atoms with van der Waals surface area (Å²) in [5.41, 5.74) is 2.52. The van der Waals surface area contributed by atoms with Crippen LogP contribution in [0.5, 0.6) is 11.5 Å². The van der Waals surface area contributed by atoms with Crippen molar-refractivity contribution in [2.45, 2.75) is 19.4 Å². The highest BCUT2D eigenvalue weighted by Gasteiger charge is 2.27. The lowest BCUT2D eigenvalue weighted by molar-refractivity contribution is 0.0849. The predicted octanol–water partition coefficient (Wildman–Crippen LogP) is 3.41. The zero-order valence-electron chi connectivity index (χ0n) is 10.6. The van der Waals surface area contributed by atoms with E-state index in [1.54, 1.807) is 18.2 Å². The molecule has 1 aliphatic rings. The van der Waals surface area contributed by atoms with Gasteiger partial charge >= 0.3 is 0 Å². The Morgan fingerprint density at radius 1 is 1.21 bits per heavy atom. The van der Waals surface area contributed by atoms with Crippen molar-refractivity contribution >= 4 is 5.78 Å². The van der Waals surface area contributed by atoms with Crippen molar-refractivity contribution in [1.29, 1.82) is 0 Å². The molecule has 3 nitrogen and oxygen atoms in total. The molecule has 0 amide bonds. The Hall–Kier alpha value is -2.29. The standard InChI is InChI=1S/C16H14O3/c1-10-5-6-15-13(7-10)14(18)9-16(19-15)11-3-2-4-12(17)8-11/h2-8,16-17H,9H2,1H3. The molecule has 1 atom stereocenters. The molecular formula is C16H14O3. The highest BCUT2D eigenvalue weighted by Crippen LogP contribution is 2.35. The van der Waals surface area contributed by atoms with Crippen LogP contribution in [0.3, 0.4) is 0 Å². The molecule has 0 bridgehead atoms. The summed E-state index contributed by atoms with van der Waals surface area (Å²) in [6, 6.07) is 12.5. The third-order valence-corrected chi connectivity index (χ3v) is 3.32. The number of aryl methyl sites for hydroxylation is 1. The zero-order valence-corrected chi connectivity index (χ0v) is 10.6. The first-order valence-electron chi connectivity index (χ1n) is 6.23. The van der Waals surface area contributed by atoms with Gasteiger partial charge in [0, 0.05) is 0 Å². The minimum absolute atomic E-state index is 0.0818. The van der Waals surface area contributed by atoms with Gasteiger partial charge in [0.25, 0.3) is 0 Å². The summed E-state index contributed by atoms with van der Waals surface area (Å²) in [6.07, 6.45) is -0.0188. The second kappa shape index (κ2) is 4.43. The monoisotopic (exact) mass is 254 g/mol. The minimum atomic E-state index is -0.324. The number of ketones is 1. The van der Waals surface area contributed by atoms with Crippen molar-refractivity contribution in [3.8, 4) is 11.5 Å². The van der Waals surface area contributed by atoms with Crippen LogP contribution in [-0.4, -0.2) is 10.9 Å². The first-order chi connectivity index (χ1) is 9.13. The Kier molecular flexibility index (Phi) is 2.75. The lowest BCUT2D eigenvalue weighted by Gasteiger charge is -2.25. The van der Waals surface area contributed by atoms with Crippen LogP contribution in [0.2, 0.25) is 0 Å². The van der Waals surface area contributed by atoms with E-state index in [1.165, 1.54) is 0 Å². The number of hydrogen-bond donors (Lipinski definition) is 1. The van der Waals surface area contributed by atoms with Crippen LogP contribution in [0.1, 0.15) is 34.0 Å². The number of ether oxygens (including phenoxy) is 1. The Bertz CT molecular complexity index is 646. The molecule has 0 saturated heterocycles. The van der Waals surface area contributed by atoms with Crippen molar-refractivity contribution in [2.75, 3.05) is 0 Å². The molecule has 2 aromatic rings. The normalized spacial score (nSPS) is 17.7. The van der Waals surface area contributed by atoms with Gasteiger partial charge in [0.15, 0.2) is 5.78 Å². The topological polar surface area (TPSA) is 46.5 Å². The zero-order chi connectivity index (χ0) is 13.4. The first-order valence-corrected chi connectivity index (χ1v) is 6.23. The van der Waals surface area contributed by atoms with E-state index < -0.39 is 0 Å². The molecule has 19 heavy (non-hydrogen) atoms. The maximum absolute atomic E-state index is 12.2. The van der Waals surface area contributed by atoms with E-state index in [1.807, 2.05) is 31.2 Å². The summed E-state index contributed by atoms with van der Waals surface area (Å²) in [5.74, 6) is 0.886. The number of phenols is 1. The van der Waals surface area contributed by atoms with Crippen molar-refractivity contribution in [3.05, 3.63) is 59.2 Å². The average molecular weight is 254 g/mol. The molecule has 1 aliphatic heterocycles. The van der Waals surface area contributed by atoms with Crippen LogP contribution < -0.4 is 4.74 Å². The highest BCUT2D eigenvalue weighted by molar-refractivity contribution is 6.00. The van der Waals surface area contributed by atoms with Crippen LogP contribution in [0.15, 0.2) is 42.5 Å². The van der Waals surface area contributed by atoms with E-state index >= 15 is 0 Å². The lowest BCUT2D eigenvalue weighted by Crippen LogP contribution is -2.20. The van der Waals surface area contributed by atoms with Crippen LogP contribution in [0.4, 0.5) is 0 Å². The Balaban J connectivity index is 1.97. The second-order valence-electron chi connectivity index (χ2n) is 4.83. The SMILES string of the molecule is Cc1ccc2c(c1)C(=O)CC(c1cccc(O)c1)O2. The van der Waals surface area contributed by atoms with Gasteiger partial charge < -0.3 is 9.84 Å². The quantitative estimate of drug-likeness (QED) is 0.848. The molecule has 0 aliphatic carbocycles. The molecule has 3 rings (SSSR count). The van der Waals surface area contributed by atoms with Crippen molar-refractivity contribution in [2.24, 2.45) is 0 Å². The van der Waals surface area contributed by atoms with Gasteiger partial charge in [0.05, 0.1) is 12.0 Å². The maximum atomic E-state index is 12.2. The van der Waals surface area contributed by atoms with Gasteiger partial charge in [-0.2, -0.15) is 0 Å². The number of carbonyl (C=O) groups is 1. The molecule has 0 fully saturated rings. The van der Waals surface area contributed by atoms with Crippen LogP contribution in [0.25, 0.3) is 0 Å². The molecule has 2 aromatic carbocycles. The second-order valence-corrected chi connectivity index (χ2v) is 4.83. The van der Waals surface area contributed by atoms with Gasteiger partial charge in [-0.25, -0.2) is 0 Å². The largest absolute Gasteiger partial charge is 0.508 e. The molecule has 0 saturated carbocycles. The van der Waals surface area contributed by atoms with E-state index in [-0.39, 0.29) is 17.6 Å². The van der Waals surface area contributed by atoms with E-state index in [4.69, 9.17) is 4.74 Å². The Morgan fingerprint density at radius 2 is 2.05 bits per heavy atom. The molecule has 0 radical (unpaired) electrons. The van der Waals surface area contributed by atoms with Crippen LogP contribution in [0, 0.1) is 6.92 Å². The highest BCUT2D eigenvalue weighted by atomic mass is 16.5. The van der Waals surface area contributed by atoms with Crippen molar-refractivity contribution < 1.29 is 14.6 Å². The third-order valence-electron chi connectivity index (χ3n) is 3.32. The number of Topliss-reactive ketones (excluding diaryl/α,β-unsaturated/α-hetero) is 1. The molecule has 1 N–H and O–H groups in total. The van der Waals surface area contributed by atoms with E-state index in [9.17, 15) is 9.90 Å². The fourth-order valence-corrected chi connectivity index (χ4v) is 2.35. The fraction of sp³-hybridized carbons (Fsp3) is 0.188. The summed E-state index contributed by atoms with van der Waals surface area (Å²) in [6.45, 7) is 1.95. The number of phenolic OH excluding ortho intramolecular Hbond substituents is 1. The molecule has 3 heteroatoms. The van der Waals surface area contributed by atoms with Gasteiger partial charge in [-0.15, -0.1) is 0 Å². The molecule has 1 heterocycles. The number of aromatic hydroxyl groups is 1. The minimum Gasteiger partial charge on any atom is -0.508 e. The average Bonchev–Trinajstić information content (AvgIpc) is 2.39. The molecule has 1 unspecified atom stereocenters. The van der Waals surface area contributed by atoms with Gasteiger partial charge in [-0.05, 0) is 36.8 Å². The van der Waals surface area contributed by atoms with E-state index in [2.05, 4.69) is 0 Å². The number of hydrogen-bond acceptors (Lipinski definition) is 3. The predicted molar refractivity (Wildman–Crippen MR) is 71.6 cm³/mol. The summed E-state index contributed by atoms with van der Waals surface area (Å²) >= 11 is 0. The molecule has 0 aromatic heterocycles. The summed E-state index contributed by atoms with van der Waals surface area (Å²) in [5, 5.41) is 9.50. The molecule has 96 valence electrons. The number of carbonyl (C=O) groups excluding carboxylic acids is 1. The summed E-state index contributed by atoms with van der Waals surface area (Å²) in [7, 11) is 0. The lowest BCUT2D eigenvalue weighted by atomic mass is 9.95. The number of benzene rings is 2. The smallest absolute Gasteiger partial charge is 0.170 e. The first kappa shape index (κ1) is 11.8. The van der Waals surface area contributed by atoms with Crippen LogP contribution >= 0.6 is 0 Å². The van der Waals surface area contributed by atoms with Gasteiger partial charge in [0.1, 0.15) is 17.6 Å².